The smallest absolute Gasteiger partial charge is 0.383 e. The van der Waals surface area contributed by atoms with Gasteiger partial charge >= 0.3 is 11.8 Å². The summed E-state index contributed by atoms with van der Waals surface area (Å²) in [4.78, 5) is 40.3. The average Bonchev–Trinajstić information content (AvgIpc) is 3.17. The third kappa shape index (κ3) is 4.65. The van der Waals surface area contributed by atoms with Gasteiger partial charge in [-0.2, -0.15) is 0 Å². The van der Waals surface area contributed by atoms with E-state index in [0.29, 0.717) is 22.6 Å². The van der Waals surface area contributed by atoms with Gasteiger partial charge < -0.3 is 14.8 Å². The molecule has 1 aliphatic heterocycles. The van der Waals surface area contributed by atoms with Crippen LogP contribution in [0.5, 0.6) is 5.75 Å². The Morgan fingerprint density at radius 1 is 0.757 bits per heavy atom. The van der Waals surface area contributed by atoms with Gasteiger partial charge in [0.2, 0.25) is 0 Å². The first-order valence-electron chi connectivity index (χ1n) is 11.7. The van der Waals surface area contributed by atoms with E-state index >= 15 is 0 Å². The highest BCUT2D eigenvalue weighted by Crippen LogP contribution is 2.45. The molecule has 0 spiro atoms. The molecule has 1 N–H and O–H groups in total. The standard InChI is InChI=1S/C31H23NO5/c1-21-17-19-24(20-18-21)32-29(34)26(22-11-5-2-6-12-22)27-28(33)30(35)37-31(27,23-13-7-3-8-14-23)36-25-15-9-4-10-16-25/h2-20H,1H3,(H,32,34)/b27-26-. The lowest BCUT2D eigenvalue weighted by atomic mass is 9.88. The molecule has 1 unspecified atom stereocenters. The van der Waals surface area contributed by atoms with Crippen molar-refractivity contribution in [2.75, 3.05) is 5.32 Å². The van der Waals surface area contributed by atoms with Gasteiger partial charge in [-0.05, 0) is 36.8 Å². The van der Waals surface area contributed by atoms with Crippen LogP contribution in [0.3, 0.4) is 0 Å². The van der Waals surface area contributed by atoms with Crippen molar-refractivity contribution in [1.29, 1.82) is 0 Å². The van der Waals surface area contributed by atoms with Crippen LogP contribution in [0, 0.1) is 6.92 Å². The molecular weight excluding hydrogens is 466 g/mol. The molecule has 1 atom stereocenters. The van der Waals surface area contributed by atoms with Crippen molar-refractivity contribution < 1.29 is 23.9 Å². The Bertz CT molecular complexity index is 1480. The van der Waals surface area contributed by atoms with Crippen molar-refractivity contribution in [2.24, 2.45) is 0 Å². The van der Waals surface area contributed by atoms with E-state index in [1.807, 2.05) is 25.1 Å². The molecule has 4 aromatic rings. The van der Waals surface area contributed by atoms with Crippen LogP contribution in [0.25, 0.3) is 5.57 Å². The number of hydrogen-bond donors (Lipinski definition) is 1. The van der Waals surface area contributed by atoms with Crippen molar-refractivity contribution in [1.82, 2.24) is 0 Å². The lowest BCUT2D eigenvalue weighted by Gasteiger charge is -2.30. The minimum Gasteiger partial charge on any atom is -0.444 e. The molecule has 0 saturated carbocycles. The lowest BCUT2D eigenvalue weighted by molar-refractivity contribution is -0.175. The number of carbonyl (C=O) groups is 3. The second-order valence-corrected chi connectivity index (χ2v) is 8.55. The zero-order valence-electron chi connectivity index (χ0n) is 20.0. The molecule has 0 bridgehead atoms. The Kier molecular flexibility index (Phi) is 6.39. The number of benzene rings is 4. The van der Waals surface area contributed by atoms with Gasteiger partial charge in [0.15, 0.2) is 0 Å². The Labute approximate surface area is 214 Å². The zero-order chi connectivity index (χ0) is 25.8. The number of esters is 1. The monoisotopic (exact) mass is 489 g/mol. The Balaban J connectivity index is 1.77. The maximum atomic E-state index is 13.9. The fourth-order valence-electron chi connectivity index (χ4n) is 4.23. The molecule has 0 radical (unpaired) electrons. The fourth-order valence-corrected chi connectivity index (χ4v) is 4.23. The summed E-state index contributed by atoms with van der Waals surface area (Å²) in [5.41, 5.74) is 2.19. The molecule has 1 aliphatic rings. The maximum absolute atomic E-state index is 13.9. The number of cyclic esters (lactones) is 1. The number of anilines is 1. The number of para-hydroxylation sites is 1. The Morgan fingerprint density at radius 3 is 1.95 bits per heavy atom. The molecule has 0 aromatic heterocycles. The van der Waals surface area contributed by atoms with Crippen LogP contribution in [0.1, 0.15) is 16.7 Å². The normalized spacial score (nSPS) is 18.2. The van der Waals surface area contributed by atoms with E-state index in [1.54, 1.807) is 97.1 Å². The van der Waals surface area contributed by atoms with E-state index in [1.165, 1.54) is 0 Å². The zero-order valence-corrected chi connectivity index (χ0v) is 20.0. The average molecular weight is 490 g/mol. The van der Waals surface area contributed by atoms with E-state index in [4.69, 9.17) is 9.47 Å². The molecule has 1 fully saturated rings. The maximum Gasteiger partial charge on any atom is 0.383 e. The van der Waals surface area contributed by atoms with E-state index < -0.39 is 23.4 Å². The number of hydrogen-bond acceptors (Lipinski definition) is 5. The van der Waals surface area contributed by atoms with Gasteiger partial charge in [0.1, 0.15) is 11.3 Å². The summed E-state index contributed by atoms with van der Waals surface area (Å²) in [7, 11) is 0. The largest absolute Gasteiger partial charge is 0.444 e. The van der Waals surface area contributed by atoms with Gasteiger partial charge in [0, 0.05) is 11.3 Å². The summed E-state index contributed by atoms with van der Waals surface area (Å²) in [5.74, 6) is -4.25. The summed E-state index contributed by atoms with van der Waals surface area (Å²) in [5, 5.41) is 2.86. The lowest BCUT2D eigenvalue weighted by Crippen LogP contribution is -2.37. The number of ether oxygens (including phenoxy) is 2. The van der Waals surface area contributed by atoms with Crippen molar-refractivity contribution in [3.8, 4) is 5.75 Å². The minimum absolute atomic E-state index is 0.0168. The molecule has 182 valence electrons. The summed E-state index contributed by atoms with van der Waals surface area (Å²) in [6.45, 7) is 1.94. The fraction of sp³-hybridized carbons (Fsp3) is 0.0645. The van der Waals surface area contributed by atoms with Crippen molar-refractivity contribution >= 4 is 28.9 Å². The highest BCUT2D eigenvalue weighted by Gasteiger charge is 2.57. The van der Waals surface area contributed by atoms with E-state index in [9.17, 15) is 14.4 Å². The van der Waals surface area contributed by atoms with Crippen LogP contribution in [0.15, 0.2) is 121 Å². The van der Waals surface area contributed by atoms with Crippen LogP contribution in [0.2, 0.25) is 0 Å². The molecule has 5 rings (SSSR count). The number of carbonyl (C=O) groups excluding carboxylic acids is 3. The van der Waals surface area contributed by atoms with Gasteiger partial charge in [0.05, 0.1) is 5.57 Å². The Hall–Kier alpha value is -4.97. The summed E-state index contributed by atoms with van der Waals surface area (Å²) in [6, 6.07) is 33.3. The molecule has 6 nitrogen and oxygen atoms in total. The number of Topliss-reactive ketones (excluding diaryl/α,β-unsaturated/α-hetero) is 1. The minimum atomic E-state index is -1.98. The molecule has 0 aliphatic carbocycles. The first kappa shape index (κ1) is 23.8. The molecule has 37 heavy (non-hydrogen) atoms. The summed E-state index contributed by atoms with van der Waals surface area (Å²) < 4.78 is 12.1. The molecule has 1 amide bonds. The van der Waals surface area contributed by atoms with Crippen LogP contribution in [-0.2, 0) is 24.9 Å². The molecule has 6 heteroatoms. The third-order valence-corrected chi connectivity index (χ3v) is 5.99. The molecule has 4 aromatic carbocycles. The van der Waals surface area contributed by atoms with Crippen LogP contribution in [-0.4, -0.2) is 17.7 Å². The van der Waals surface area contributed by atoms with Gasteiger partial charge in [0.25, 0.3) is 11.7 Å². The molecular formula is C31H23NO5. The predicted octanol–water partition coefficient (Wildman–Crippen LogP) is 5.45. The van der Waals surface area contributed by atoms with Crippen molar-refractivity contribution in [2.45, 2.75) is 12.7 Å². The second kappa shape index (κ2) is 9.95. The number of amides is 1. The quantitative estimate of drug-likeness (QED) is 0.221. The first-order chi connectivity index (χ1) is 18.0. The van der Waals surface area contributed by atoms with E-state index in [-0.39, 0.29) is 11.1 Å². The van der Waals surface area contributed by atoms with Crippen LogP contribution >= 0.6 is 0 Å². The number of rotatable bonds is 6. The van der Waals surface area contributed by atoms with Gasteiger partial charge in [-0.1, -0.05) is 96.6 Å². The van der Waals surface area contributed by atoms with Gasteiger partial charge in [-0.25, -0.2) is 4.79 Å². The van der Waals surface area contributed by atoms with Crippen molar-refractivity contribution in [3.63, 3.8) is 0 Å². The number of aryl methyl sites for hydroxylation is 1. The Morgan fingerprint density at radius 2 is 1.32 bits per heavy atom. The van der Waals surface area contributed by atoms with E-state index in [2.05, 4.69) is 5.32 Å². The molecule has 1 saturated heterocycles. The number of ketones is 1. The van der Waals surface area contributed by atoms with Gasteiger partial charge in [-0.3, -0.25) is 9.59 Å². The molecule has 1 heterocycles. The predicted molar refractivity (Wildman–Crippen MR) is 139 cm³/mol. The van der Waals surface area contributed by atoms with Crippen LogP contribution in [0.4, 0.5) is 5.69 Å². The van der Waals surface area contributed by atoms with E-state index in [0.717, 1.165) is 5.56 Å². The van der Waals surface area contributed by atoms with Crippen molar-refractivity contribution in [3.05, 3.63) is 138 Å². The first-order valence-corrected chi connectivity index (χ1v) is 11.7. The highest BCUT2D eigenvalue weighted by atomic mass is 16.7. The summed E-state index contributed by atoms with van der Waals surface area (Å²) in [6.07, 6.45) is 0. The number of nitrogens with one attached hydrogen (secondary N) is 1. The summed E-state index contributed by atoms with van der Waals surface area (Å²) >= 11 is 0. The second-order valence-electron chi connectivity index (χ2n) is 8.55. The van der Waals surface area contributed by atoms with Gasteiger partial charge in [-0.15, -0.1) is 0 Å². The van der Waals surface area contributed by atoms with Crippen LogP contribution < -0.4 is 10.1 Å². The SMILES string of the molecule is Cc1ccc(NC(=O)/C(=C2/C(=O)C(=O)OC2(Oc2ccccc2)c2ccccc2)c2ccccc2)cc1. The topological polar surface area (TPSA) is 81.7 Å². The third-order valence-electron chi connectivity index (χ3n) is 5.99. The highest BCUT2D eigenvalue weighted by molar-refractivity contribution is 6.48.